The molecule has 0 radical (unpaired) electrons. The van der Waals surface area contributed by atoms with Crippen molar-refractivity contribution in [2.75, 3.05) is 0 Å². The zero-order valence-corrected chi connectivity index (χ0v) is 16.9. The number of fused-ring (bicyclic) bond motifs is 3. The number of halogens is 1. The highest BCUT2D eigenvalue weighted by molar-refractivity contribution is 6.07. The monoisotopic (exact) mass is 408 g/mol. The summed E-state index contributed by atoms with van der Waals surface area (Å²) in [7, 11) is 0. The molecule has 0 atom stereocenters. The van der Waals surface area contributed by atoms with Crippen LogP contribution in [0.25, 0.3) is 32.9 Å². The van der Waals surface area contributed by atoms with Crippen molar-refractivity contribution in [3.63, 3.8) is 0 Å². The molecule has 1 heterocycles. The lowest BCUT2D eigenvalue weighted by atomic mass is 10.0. The third-order valence-electron chi connectivity index (χ3n) is 5.51. The molecule has 0 saturated heterocycles. The predicted octanol–water partition coefficient (Wildman–Crippen LogP) is 5.99. The highest BCUT2D eigenvalue weighted by Gasteiger charge is 2.08. The molecule has 1 amide bonds. The van der Waals surface area contributed by atoms with Gasteiger partial charge in [0.05, 0.1) is 6.42 Å². The first-order valence-corrected chi connectivity index (χ1v) is 10.3. The molecule has 0 aliphatic rings. The number of carbonyl (C=O) groups is 1. The van der Waals surface area contributed by atoms with Crippen molar-refractivity contribution in [1.82, 2.24) is 10.3 Å². The van der Waals surface area contributed by atoms with Crippen molar-refractivity contribution in [2.45, 2.75) is 13.0 Å². The van der Waals surface area contributed by atoms with Gasteiger partial charge in [0.25, 0.3) is 0 Å². The quantitative estimate of drug-likeness (QED) is 0.369. The molecule has 1 aromatic heterocycles. The molecule has 4 aromatic carbocycles. The van der Waals surface area contributed by atoms with Gasteiger partial charge < -0.3 is 10.3 Å². The average Bonchev–Trinajstić information content (AvgIpc) is 3.16. The Kier molecular flexibility index (Phi) is 4.97. The molecule has 5 aromatic rings. The summed E-state index contributed by atoms with van der Waals surface area (Å²) >= 11 is 0. The Balaban J connectivity index is 1.27. The van der Waals surface area contributed by atoms with Gasteiger partial charge in [-0.15, -0.1) is 0 Å². The van der Waals surface area contributed by atoms with E-state index in [1.165, 1.54) is 17.5 Å². The van der Waals surface area contributed by atoms with Crippen LogP contribution >= 0.6 is 0 Å². The smallest absolute Gasteiger partial charge is 0.224 e. The highest BCUT2D eigenvalue weighted by atomic mass is 19.1. The molecule has 0 aliphatic carbocycles. The van der Waals surface area contributed by atoms with Crippen LogP contribution in [0.4, 0.5) is 4.39 Å². The lowest BCUT2D eigenvalue weighted by Crippen LogP contribution is -2.24. The third-order valence-corrected chi connectivity index (χ3v) is 5.51. The Morgan fingerprint density at radius 1 is 0.742 bits per heavy atom. The van der Waals surface area contributed by atoms with E-state index in [9.17, 15) is 9.18 Å². The molecule has 4 heteroatoms. The number of amides is 1. The van der Waals surface area contributed by atoms with Crippen LogP contribution in [0.15, 0.2) is 91.0 Å². The molecule has 152 valence electrons. The van der Waals surface area contributed by atoms with Crippen molar-refractivity contribution >= 4 is 27.7 Å². The second-order valence-electron chi connectivity index (χ2n) is 7.71. The second-order valence-corrected chi connectivity index (χ2v) is 7.71. The van der Waals surface area contributed by atoms with E-state index in [0.29, 0.717) is 13.0 Å². The fourth-order valence-corrected chi connectivity index (χ4v) is 3.99. The number of rotatable bonds is 5. The Hall–Kier alpha value is -3.92. The number of H-pyrrole nitrogens is 1. The number of nitrogens with one attached hydrogen (secondary N) is 2. The fourth-order valence-electron chi connectivity index (χ4n) is 3.99. The van der Waals surface area contributed by atoms with E-state index in [2.05, 4.69) is 28.5 Å². The van der Waals surface area contributed by atoms with Gasteiger partial charge >= 0.3 is 0 Å². The van der Waals surface area contributed by atoms with E-state index in [4.69, 9.17) is 0 Å². The molecule has 5 rings (SSSR count). The Morgan fingerprint density at radius 2 is 1.52 bits per heavy atom. The Bertz CT molecular complexity index is 1400. The molecule has 2 N–H and O–H groups in total. The Labute approximate surface area is 179 Å². The van der Waals surface area contributed by atoms with E-state index in [-0.39, 0.29) is 11.7 Å². The topological polar surface area (TPSA) is 44.9 Å². The maximum absolute atomic E-state index is 13.5. The number of para-hydroxylation sites is 1. The minimum absolute atomic E-state index is 0.0355. The molecule has 0 unspecified atom stereocenters. The SMILES string of the molecule is O=C(Cc1ccc2c(c1)[nH]c1ccccc12)NCc1cccc(-c2cccc(F)c2)c1. The third kappa shape index (κ3) is 4.05. The van der Waals surface area contributed by atoms with Crippen LogP contribution in [0, 0.1) is 5.82 Å². The van der Waals surface area contributed by atoms with Crippen LogP contribution in [0.3, 0.4) is 0 Å². The first-order valence-electron chi connectivity index (χ1n) is 10.3. The molecule has 0 saturated carbocycles. The summed E-state index contributed by atoms with van der Waals surface area (Å²) in [4.78, 5) is 15.9. The minimum Gasteiger partial charge on any atom is -0.355 e. The van der Waals surface area contributed by atoms with Crippen LogP contribution < -0.4 is 5.32 Å². The molecule has 0 fully saturated rings. The normalized spacial score (nSPS) is 11.1. The van der Waals surface area contributed by atoms with Gasteiger partial charge in [-0.25, -0.2) is 4.39 Å². The summed E-state index contributed by atoms with van der Waals surface area (Å²) in [6, 6.07) is 28.6. The molecule has 3 nitrogen and oxygen atoms in total. The van der Waals surface area contributed by atoms with Gasteiger partial charge in [0.15, 0.2) is 0 Å². The number of hydrogen-bond donors (Lipinski definition) is 2. The van der Waals surface area contributed by atoms with Gasteiger partial charge in [-0.3, -0.25) is 4.79 Å². The van der Waals surface area contributed by atoms with Crippen LogP contribution in [-0.4, -0.2) is 10.9 Å². The van der Waals surface area contributed by atoms with Crippen molar-refractivity contribution in [2.24, 2.45) is 0 Å². The summed E-state index contributed by atoms with van der Waals surface area (Å²) in [6.07, 6.45) is 0.314. The zero-order chi connectivity index (χ0) is 21.2. The van der Waals surface area contributed by atoms with Gasteiger partial charge in [-0.05, 0) is 52.6 Å². The molecular formula is C27H21FN2O. The van der Waals surface area contributed by atoms with E-state index in [0.717, 1.165) is 38.7 Å². The van der Waals surface area contributed by atoms with Crippen LogP contribution in [0.2, 0.25) is 0 Å². The molecular weight excluding hydrogens is 387 g/mol. The van der Waals surface area contributed by atoms with Crippen LogP contribution in [0.1, 0.15) is 11.1 Å². The highest BCUT2D eigenvalue weighted by Crippen LogP contribution is 2.26. The van der Waals surface area contributed by atoms with E-state index in [1.807, 2.05) is 54.6 Å². The first-order chi connectivity index (χ1) is 15.2. The number of aromatic amines is 1. The Morgan fingerprint density at radius 3 is 2.39 bits per heavy atom. The van der Waals surface area contributed by atoms with Gasteiger partial charge in [-0.1, -0.05) is 60.7 Å². The van der Waals surface area contributed by atoms with Gasteiger partial charge in [0.2, 0.25) is 5.91 Å². The zero-order valence-electron chi connectivity index (χ0n) is 16.9. The number of aromatic nitrogens is 1. The number of benzene rings is 4. The molecule has 0 aliphatic heterocycles. The van der Waals surface area contributed by atoms with E-state index >= 15 is 0 Å². The number of hydrogen-bond acceptors (Lipinski definition) is 1. The standard InChI is InChI=1S/C27H21FN2O/c28-22-8-4-7-21(16-22)20-6-3-5-19(13-20)17-29-27(31)15-18-11-12-24-23-9-1-2-10-25(23)30-26(24)14-18/h1-14,16,30H,15,17H2,(H,29,31). The lowest BCUT2D eigenvalue weighted by Gasteiger charge is -2.08. The first kappa shape index (κ1) is 19.1. The van der Waals surface area contributed by atoms with Gasteiger partial charge in [-0.2, -0.15) is 0 Å². The second kappa shape index (κ2) is 8.07. The lowest BCUT2D eigenvalue weighted by molar-refractivity contribution is -0.120. The summed E-state index contributed by atoms with van der Waals surface area (Å²) in [6.45, 7) is 0.427. The van der Waals surface area contributed by atoms with Crippen molar-refractivity contribution in [3.05, 3.63) is 108 Å². The summed E-state index contributed by atoms with van der Waals surface area (Å²) in [5.74, 6) is -0.297. The molecule has 0 spiro atoms. The molecule has 0 bridgehead atoms. The maximum Gasteiger partial charge on any atom is 0.224 e. The summed E-state index contributed by atoms with van der Waals surface area (Å²) in [5.41, 5.74) is 5.81. The van der Waals surface area contributed by atoms with Crippen LogP contribution in [-0.2, 0) is 17.8 Å². The van der Waals surface area contributed by atoms with E-state index in [1.54, 1.807) is 6.07 Å². The largest absolute Gasteiger partial charge is 0.355 e. The molecule has 31 heavy (non-hydrogen) atoms. The van der Waals surface area contributed by atoms with Crippen molar-refractivity contribution in [1.29, 1.82) is 0 Å². The van der Waals surface area contributed by atoms with Crippen molar-refractivity contribution in [3.8, 4) is 11.1 Å². The van der Waals surface area contributed by atoms with E-state index < -0.39 is 0 Å². The fraction of sp³-hybridized carbons (Fsp3) is 0.0741. The van der Waals surface area contributed by atoms with Gasteiger partial charge in [0, 0.05) is 28.4 Å². The average molecular weight is 408 g/mol. The van der Waals surface area contributed by atoms with Crippen molar-refractivity contribution < 1.29 is 9.18 Å². The van der Waals surface area contributed by atoms with Gasteiger partial charge in [0.1, 0.15) is 5.82 Å². The summed E-state index contributed by atoms with van der Waals surface area (Å²) in [5, 5.41) is 5.34. The summed E-state index contributed by atoms with van der Waals surface area (Å²) < 4.78 is 13.5. The number of carbonyl (C=O) groups excluding carboxylic acids is 1. The predicted molar refractivity (Wildman–Crippen MR) is 123 cm³/mol. The minimum atomic E-state index is -0.261. The maximum atomic E-state index is 13.5. The van der Waals surface area contributed by atoms with Crippen LogP contribution in [0.5, 0.6) is 0 Å².